The largest absolute Gasteiger partial charge is 0.492 e. The average Bonchev–Trinajstić information content (AvgIpc) is 2.69. The van der Waals surface area contributed by atoms with Crippen molar-refractivity contribution in [2.24, 2.45) is 0 Å². The van der Waals surface area contributed by atoms with Crippen LogP contribution >= 0.6 is 47.0 Å². The molecule has 31 heavy (non-hydrogen) atoms. The molecule has 0 aliphatic rings. The number of halogens is 3. The molecule has 2 aromatic rings. The molecule has 10 heteroatoms. The Balaban J connectivity index is 1.78. The Morgan fingerprint density at radius 1 is 0.968 bits per heavy atom. The molecule has 2 amide bonds. The van der Waals surface area contributed by atoms with Crippen molar-refractivity contribution in [3.8, 4) is 5.75 Å². The van der Waals surface area contributed by atoms with Gasteiger partial charge in [0.05, 0.1) is 22.3 Å². The van der Waals surface area contributed by atoms with Crippen LogP contribution in [0.25, 0.3) is 0 Å². The van der Waals surface area contributed by atoms with Gasteiger partial charge >= 0.3 is 0 Å². The number of nitrogens with one attached hydrogen (secondary N) is 3. The molecule has 0 aliphatic heterocycles. The summed E-state index contributed by atoms with van der Waals surface area (Å²) in [7, 11) is 0. The molecule has 0 radical (unpaired) electrons. The lowest BCUT2D eigenvalue weighted by molar-refractivity contribution is -0.120. The van der Waals surface area contributed by atoms with Crippen LogP contribution < -0.4 is 20.7 Å². The maximum Gasteiger partial charge on any atom is 0.226 e. The van der Waals surface area contributed by atoms with Crippen LogP contribution in [0, 0.1) is 0 Å². The number of carbonyl (C=O) groups excluding carboxylic acids is 2. The second-order valence-electron chi connectivity index (χ2n) is 6.52. The molecule has 6 nitrogen and oxygen atoms in total. The number of thiocarbonyl (C=S) groups is 1. The van der Waals surface area contributed by atoms with E-state index in [2.05, 4.69) is 16.0 Å². The van der Waals surface area contributed by atoms with E-state index in [0.29, 0.717) is 51.6 Å². The standard InChI is InChI=1S/C21H22Cl3N3O3S/c1-2-4-19(28)25-14-7-8-15(23)17(12-14)26-21(31)27-20(29)5-3-10-30-18-9-6-13(22)11-16(18)24/h6-9,11-12H,2-5,10H2,1H3,(H,25,28)(H2,26,27,29,31). The van der Waals surface area contributed by atoms with E-state index in [0.717, 1.165) is 6.42 Å². The lowest BCUT2D eigenvalue weighted by atomic mass is 10.2. The van der Waals surface area contributed by atoms with Crippen molar-refractivity contribution in [2.75, 3.05) is 17.2 Å². The van der Waals surface area contributed by atoms with Crippen LogP contribution in [0.4, 0.5) is 11.4 Å². The Labute approximate surface area is 201 Å². The van der Waals surface area contributed by atoms with E-state index in [-0.39, 0.29) is 23.3 Å². The predicted molar refractivity (Wildman–Crippen MR) is 131 cm³/mol. The smallest absolute Gasteiger partial charge is 0.226 e. The van der Waals surface area contributed by atoms with Crippen LogP contribution in [-0.2, 0) is 9.59 Å². The SMILES string of the molecule is CCCC(=O)Nc1ccc(Cl)c(NC(=S)NC(=O)CCCOc2ccc(Cl)cc2Cl)c1. The van der Waals surface area contributed by atoms with Gasteiger partial charge in [-0.2, -0.15) is 0 Å². The van der Waals surface area contributed by atoms with Crippen molar-refractivity contribution in [3.63, 3.8) is 0 Å². The molecule has 0 heterocycles. The van der Waals surface area contributed by atoms with Crippen molar-refractivity contribution in [2.45, 2.75) is 32.6 Å². The molecule has 2 aromatic carbocycles. The highest BCUT2D eigenvalue weighted by molar-refractivity contribution is 7.80. The Morgan fingerprint density at radius 2 is 1.74 bits per heavy atom. The van der Waals surface area contributed by atoms with Gasteiger partial charge in [0.1, 0.15) is 5.75 Å². The number of carbonyl (C=O) groups is 2. The lowest BCUT2D eigenvalue weighted by Crippen LogP contribution is -2.34. The summed E-state index contributed by atoms with van der Waals surface area (Å²) in [6.07, 6.45) is 1.84. The second-order valence-corrected chi connectivity index (χ2v) is 8.18. The molecule has 0 fully saturated rings. The Hall–Kier alpha value is -2.06. The van der Waals surface area contributed by atoms with Crippen LogP contribution in [0.2, 0.25) is 15.1 Å². The molecule has 2 rings (SSSR count). The lowest BCUT2D eigenvalue weighted by Gasteiger charge is -2.13. The van der Waals surface area contributed by atoms with Crippen molar-refractivity contribution in [3.05, 3.63) is 51.5 Å². The molecule has 3 N–H and O–H groups in total. The minimum Gasteiger partial charge on any atom is -0.492 e. The molecule has 0 atom stereocenters. The molecule has 166 valence electrons. The van der Waals surface area contributed by atoms with Gasteiger partial charge in [-0.1, -0.05) is 41.7 Å². The highest BCUT2D eigenvalue weighted by atomic mass is 35.5. The third kappa shape index (κ3) is 8.91. The first kappa shape index (κ1) is 25.2. The normalized spacial score (nSPS) is 10.3. The summed E-state index contributed by atoms with van der Waals surface area (Å²) in [6, 6.07) is 9.91. The highest BCUT2D eigenvalue weighted by Crippen LogP contribution is 2.28. The summed E-state index contributed by atoms with van der Waals surface area (Å²) in [6.45, 7) is 2.23. The first-order chi connectivity index (χ1) is 14.8. The first-order valence-electron chi connectivity index (χ1n) is 9.56. The van der Waals surface area contributed by atoms with E-state index in [4.69, 9.17) is 51.8 Å². The second kappa shape index (κ2) is 12.7. The quantitative estimate of drug-likeness (QED) is 0.287. The highest BCUT2D eigenvalue weighted by Gasteiger charge is 2.10. The van der Waals surface area contributed by atoms with Crippen LogP contribution in [0.15, 0.2) is 36.4 Å². The van der Waals surface area contributed by atoms with Gasteiger partial charge in [0.2, 0.25) is 11.8 Å². The predicted octanol–water partition coefficient (Wildman–Crippen LogP) is 6.06. The minimum absolute atomic E-state index is 0.0891. The van der Waals surface area contributed by atoms with Crippen LogP contribution in [0.3, 0.4) is 0 Å². The van der Waals surface area contributed by atoms with Gasteiger partial charge in [-0.25, -0.2) is 0 Å². The zero-order valence-corrected chi connectivity index (χ0v) is 19.9. The molecule has 0 aliphatic carbocycles. The topological polar surface area (TPSA) is 79.5 Å². The summed E-state index contributed by atoms with van der Waals surface area (Å²) in [5, 5.41) is 9.67. The number of benzene rings is 2. The van der Waals surface area contributed by atoms with E-state index in [1.807, 2.05) is 6.92 Å². The van der Waals surface area contributed by atoms with E-state index in [1.165, 1.54) is 0 Å². The maximum absolute atomic E-state index is 12.1. The number of hydrogen-bond donors (Lipinski definition) is 3. The van der Waals surface area contributed by atoms with Crippen molar-refractivity contribution >= 4 is 75.3 Å². The molecule has 0 saturated heterocycles. The molecular formula is C21H22Cl3N3O3S. The van der Waals surface area contributed by atoms with Crippen LogP contribution in [-0.4, -0.2) is 23.5 Å². The molecular weight excluding hydrogens is 481 g/mol. The Kier molecular flexibility index (Phi) is 10.3. The van der Waals surface area contributed by atoms with Crippen molar-refractivity contribution in [1.29, 1.82) is 0 Å². The summed E-state index contributed by atoms with van der Waals surface area (Å²) >= 11 is 23.2. The minimum atomic E-state index is -0.271. The molecule has 0 spiro atoms. The number of hydrogen-bond acceptors (Lipinski definition) is 4. The van der Waals surface area contributed by atoms with E-state index in [1.54, 1.807) is 36.4 Å². The van der Waals surface area contributed by atoms with Gasteiger partial charge in [-0.3, -0.25) is 9.59 Å². The summed E-state index contributed by atoms with van der Waals surface area (Å²) in [5.74, 6) is 0.143. The van der Waals surface area contributed by atoms with E-state index in [9.17, 15) is 9.59 Å². The third-order valence-corrected chi connectivity index (χ3v) is 4.99. The van der Waals surface area contributed by atoms with Crippen LogP contribution in [0.5, 0.6) is 5.75 Å². The third-order valence-electron chi connectivity index (χ3n) is 3.93. The van der Waals surface area contributed by atoms with E-state index >= 15 is 0 Å². The van der Waals surface area contributed by atoms with Gasteiger partial charge < -0.3 is 20.7 Å². The number of anilines is 2. The van der Waals surface area contributed by atoms with Crippen molar-refractivity contribution in [1.82, 2.24) is 5.32 Å². The van der Waals surface area contributed by atoms with Crippen LogP contribution in [0.1, 0.15) is 32.6 Å². The van der Waals surface area contributed by atoms with Gasteiger partial charge in [-0.05, 0) is 61.5 Å². The number of rotatable bonds is 9. The first-order valence-corrected chi connectivity index (χ1v) is 11.1. The summed E-state index contributed by atoms with van der Waals surface area (Å²) < 4.78 is 5.55. The fourth-order valence-electron chi connectivity index (χ4n) is 2.50. The molecule has 0 bridgehead atoms. The van der Waals surface area contributed by atoms with Crippen molar-refractivity contribution < 1.29 is 14.3 Å². The number of amides is 2. The molecule has 0 saturated carbocycles. The molecule has 0 aromatic heterocycles. The summed E-state index contributed by atoms with van der Waals surface area (Å²) in [5.41, 5.74) is 1.06. The molecule has 0 unspecified atom stereocenters. The fourth-order valence-corrected chi connectivity index (χ4v) is 3.35. The van der Waals surface area contributed by atoms with Gasteiger partial charge in [0.15, 0.2) is 5.11 Å². The monoisotopic (exact) mass is 501 g/mol. The van der Waals surface area contributed by atoms with Gasteiger partial charge in [0, 0.05) is 23.6 Å². The number of ether oxygens (including phenoxy) is 1. The van der Waals surface area contributed by atoms with Gasteiger partial charge in [0.25, 0.3) is 0 Å². The van der Waals surface area contributed by atoms with Gasteiger partial charge in [-0.15, -0.1) is 0 Å². The van der Waals surface area contributed by atoms with E-state index < -0.39 is 0 Å². The maximum atomic E-state index is 12.1. The average molecular weight is 503 g/mol. The Morgan fingerprint density at radius 3 is 2.45 bits per heavy atom. The summed E-state index contributed by atoms with van der Waals surface area (Å²) in [4.78, 5) is 23.9. The Bertz CT molecular complexity index is 957. The zero-order valence-electron chi connectivity index (χ0n) is 16.8. The fraction of sp³-hybridized carbons (Fsp3) is 0.286. The zero-order chi connectivity index (χ0) is 22.8.